The minimum Gasteiger partial charge on any atom is -0.479 e. The van der Waals surface area contributed by atoms with Crippen LogP contribution in [-0.2, 0) is 9.59 Å². The third-order valence-electron chi connectivity index (χ3n) is 1.58. The molecule has 80 valence electrons. The lowest BCUT2D eigenvalue weighted by Crippen LogP contribution is -2.21. The first-order valence-corrected chi connectivity index (χ1v) is 4.50. The molecular weight excluding hydrogens is 186 g/mol. The zero-order valence-electron chi connectivity index (χ0n) is 8.14. The van der Waals surface area contributed by atoms with Crippen molar-refractivity contribution in [3.8, 4) is 0 Å². The normalized spacial score (nSPS) is 13.0. The number of aliphatic imine (C=N–C) groups is 1. The molecule has 0 saturated heterocycles. The van der Waals surface area contributed by atoms with Crippen LogP contribution in [0.4, 0.5) is 0 Å². The third kappa shape index (κ3) is 6.30. The maximum atomic E-state index is 11.0. The Morgan fingerprint density at radius 2 is 2.14 bits per heavy atom. The van der Waals surface area contributed by atoms with Crippen LogP contribution in [0.5, 0.6) is 0 Å². The largest absolute Gasteiger partial charge is 0.479 e. The van der Waals surface area contributed by atoms with E-state index in [1.807, 2.05) is 6.92 Å². The van der Waals surface area contributed by atoms with Crippen LogP contribution in [0.25, 0.3) is 0 Å². The number of carboxylic acids is 1. The number of ketones is 1. The molecular formula is C9H15NO4. The van der Waals surface area contributed by atoms with Crippen LogP contribution < -0.4 is 0 Å². The van der Waals surface area contributed by atoms with Gasteiger partial charge in [-0.05, 0) is 6.42 Å². The van der Waals surface area contributed by atoms with Crippen LogP contribution in [0.2, 0.25) is 0 Å². The minimum absolute atomic E-state index is 0.0410. The molecule has 0 radical (unpaired) electrons. The number of hydrogen-bond acceptors (Lipinski definition) is 4. The van der Waals surface area contributed by atoms with Crippen LogP contribution in [0.3, 0.4) is 0 Å². The highest BCUT2D eigenvalue weighted by atomic mass is 16.4. The molecule has 0 heterocycles. The number of Topliss-reactive ketones (excluding diaryl/α,β-unsaturated/α-hetero) is 1. The van der Waals surface area contributed by atoms with Crippen LogP contribution in [-0.4, -0.2) is 40.8 Å². The molecule has 2 N–H and O–H groups in total. The fraction of sp³-hybridized carbons (Fsp3) is 0.667. The van der Waals surface area contributed by atoms with Gasteiger partial charge in [-0.25, -0.2) is 4.79 Å². The molecule has 0 rings (SSSR count). The number of aliphatic hydroxyl groups excluding tert-OH is 1. The topological polar surface area (TPSA) is 87.0 Å². The fourth-order valence-corrected chi connectivity index (χ4v) is 0.771. The lowest BCUT2D eigenvalue weighted by atomic mass is 10.2. The Balaban J connectivity index is 3.70. The number of unbranched alkanes of at least 4 members (excludes halogenated alkanes) is 1. The van der Waals surface area contributed by atoms with E-state index in [1.54, 1.807) is 0 Å². The average Bonchev–Trinajstić information content (AvgIpc) is 2.14. The second-order valence-corrected chi connectivity index (χ2v) is 2.92. The van der Waals surface area contributed by atoms with Crippen molar-refractivity contribution < 1.29 is 19.8 Å². The van der Waals surface area contributed by atoms with E-state index in [1.165, 1.54) is 0 Å². The first-order valence-electron chi connectivity index (χ1n) is 4.50. The van der Waals surface area contributed by atoms with Gasteiger partial charge in [0.25, 0.3) is 0 Å². The molecule has 0 aromatic carbocycles. The summed E-state index contributed by atoms with van der Waals surface area (Å²) >= 11 is 0. The Labute approximate surface area is 82.5 Å². The number of carboxylic acid groups (broad SMARTS) is 1. The number of nitrogens with zero attached hydrogens (tertiary/aromatic N) is 1. The van der Waals surface area contributed by atoms with E-state index in [2.05, 4.69) is 4.99 Å². The summed E-state index contributed by atoms with van der Waals surface area (Å²) in [7, 11) is 0. The Bertz CT molecular complexity index is 225. The summed E-state index contributed by atoms with van der Waals surface area (Å²) in [6.45, 7) is 1.93. The Kier molecular flexibility index (Phi) is 6.57. The zero-order chi connectivity index (χ0) is 11.0. The lowest BCUT2D eigenvalue weighted by molar-refractivity contribution is -0.142. The molecule has 0 aliphatic carbocycles. The second-order valence-electron chi connectivity index (χ2n) is 2.92. The summed E-state index contributed by atoms with van der Waals surface area (Å²) in [5.74, 6) is -1.41. The van der Waals surface area contributed by atoms with Gasteiger partial charge < -0.3 is 10.2 Å². The Hall–Kier alpha value is -1.23. The Morgan fingerprint density at radius 3 is 2.64 bits per heavy atom. The maximum Gasteiger partial charge on any atom is 0.338 e. The summed E-state index contributed by atoms with van der Waals surface area (Å²) in [6.07, 6.45) is 1.46. The molecule has 1 unspecified atom stereocenters. The smallest absolute Gasteiger partial charge is 0.338 e. The number of rotatable bonds is 7. The predicted octanol–water partition coefficient (Wildman–Crippen LogP) is 0.262. The number of carbonyl (C=O) groups is 2. The number of hydrogen-bond donors (Lipinski definition) is 2. The number of aliphatic carboxylic acids is 1. The van der Waals surface area contributed by atoms with E-state index in [0.717, 1.165) is 19.1 Å². The number of carbonyl (C=O) groups excluding carboxylic acids is 1. The van der Waals surface area contributed by atoms with E-state index in [9.17, 15) is 9.59 Å². The molecule has 0 aliphatic heterocycles. The highest BCUT2D eigenvalue weighted by Crippen LogP contribution is 1.95. The number of aliphatic hydroxyl groups is 1. The first kappa shape index (κ1) is 12.8. The molecule has 0 aromatic rings. The quantitative estimate of drug-likeness (QED) is 0.578. The van der Waals surface area contributed by atoms with Crippen molar-refractivity contribution in [1.29, 1.82) is 0 Å². The average molecular weight is 201 g/mol. The van der Waals surface area contributed by atoms with Gasteiger partial charge in [-0.1, -0.05) is 13.3 Å². The van der Waals surface area contributed by atoms with Gasteiger partial charge in [0.05, 0.1) is 6.54 Å². The molecule has 0 aromatic heterocycles. The van der Waals surface area contributed by atoms with Gasteiger partial charge in [-0.3, -0.25) is 9.79 Å². The molecule has 0 saturated carbocycles. The fourth-order valence-electron chi connectivity index (χ4n) is 0.771. The lowest BCUT2D eigenvalue weighted by Gasteiger charge is -1.97. The summed E-state index contributed by atoms with van der Waals surface area (Å²) in [5.41, 5.74) is 0. The Morgan fingerprint density at radius 1 is 1.50 bits per heavy atom. The van der Waals surface area contributed by atoms with Gasteiger partial charge in [0.1, 0.15) is 0 Å². The van der Waals surface area contributed by atoms with Crippen molar-refractivity contribution in [2.75, 3.05) is 6.54 Å². The minimum atomic E-state index is -1.62. The van der Waals surface area contributed by atoms with Crippen molar-refractivity contribution in [1.82, 2.24) is 0 Å². The van der Waals surface area contributed by atoms with Gasteiger partial charge in [0, 0.05) is 12.6 Å². The molecule has 5 nitrogen and oxygen atoms in total. The SMILES string of the molecule is CCCCC(=O)CN=CC(O)C(=O)O. The van der Waals surface area contributed by atoms with E-state index >= 15 is 0 Å². The van der Waals surface area contributed by atoms with Crippen LogP contribution in [0, 0.1) is 0 Å². The van der Waals surface area contributed by atoms with Crippen LogP contribution in [0.15, 0.2) is 4.99 Å². The predicted molar refractivity (Wildman–Crippen MR) is 51.5 cm³/mol. The molecule has 0 fully saturated rings. The van der Waals surface area contributed by atoms with Gasteiger partial charge in [0.2, 0.25) is 0 Å². The van der Waals surface area contributed by atoms with Crippen molar-refractivity contribution >= 4 is 18.0 Å². The molecule has 0 spiro atoms. The van der Waals surface area contributed by atoms with Gasteiger partial charge >= 0.3 is 5.97 Å². The summed E-state index contributed by atoms with van der Waals surface area (Å²) in [6, 6.07) is 0. The molecule has 0 aliphatic rings. The van der Waals surface area contributed by atoms with Gasteiger partial charge in [0.15, 0.2) is 11.9 Å². The van der Waals surface area contributed by atoms with E-state index in [4.69, 9.17) is 10.2 Å². The molecule has 1 atom stereocenters. The third-order valence-corrected chi connectivity index (χ3v) is 1.58. The van der Waals surface area contributed by atoms with E-state index in [-0.39, 0.29) is 12.3 Å². The van der Waals surface area contributed by atoms with Crippen molar-refractivity contribution in [3.63, 3.8) is 0 Å². The monoisotopic (exact) mass is 201 g/mol. The highest BCUT2D eigenvalue weighted by Gasteiger charge is 2.08. The van der Waals surface area contributed by atoms with E-state index < -0.39 is 12.1 Å². The van der Waals surface area contributed by atoms with Crippen molar-refractivity contribution in [2.45, 2.75) is 32.3 Å². The summed E-state index contributed by atoms with van der Waals surface area (Å²) in [4.78, 5) is 24.7. The van der Waals surface area contributed by atoms with Gasteiger partial charge in [-0.2, -0.15) is 0 Å². The molecule has 14 heavy (non-hydrogen) atoms. The summed E-state index contributed by atoms with van der Waals surface area (Å²) < 4.78 is 0. The summed E-state index contributed by atoms with van der Waals surface area (Å²) in [5, 5.41) is 17.0. The first-order chi connectivity index (χ1) is 6.57. The van der Waals surface area contributed by atoms with Crippen molar-refractivity contribution in [3.05, 3.63) is 0 Å². The molecule has 0 amide bonds. The van der Waals surface area contributed by atoms with Crippen LogP contribution >= 0.6 is 0 Å². The second kappa shape index (κ2) is 7.20. The van der Waals surface area contributed by atoms with Crippen molar-refractivity contribution in [2.24, 2.45) is 4.99 Å². The zero-order valence-corrected chi connectivity index (χ0v) is 8.14. The molecule has 0 bridgehead atoms. The highest BCUT2D eigenvalue weighted by molar-refractivity contribution is 5.92. The van der Waals surface area contributed by atoms with E-state index in [0.29, 0.717) is 6.42 Å². The maximum absolute atomic E-state index is 11.0. The molecule has 5 heteroatoms. The standard InChI is InChI=1S/C9H15NO4/c1-2-3-4-7(11)5-10-6-8(12)9(13)14/h6,8,12H,2-5H2,1H3,(H,13,14). The van der Waals surface area contributed by atoms with Crippen LogP contribution in [0.1, 0.15) is 26.2 Å². The van der Waals surface area contributed by atoms with Gasteiger partial charge in [-0.15, -0.1) is 0 Å².